The van der Waals surface area contributed by atoms with Crippen molar-refractivity contribution < 1.29 is 9.18 Å². The van der Waals surface area contributed by atoms with Gasteiger partial charge in [0.1, 0.15) is 5.82 Å². The van der Waals surface area contributed by atoms with Gasteiger partial charge in [-0.25, -0.2) is 4.39 Å². The fourth-order valence-electron chi connectivity index (χ4n) is 4.93. The highest BCUT2D eigenvalue weighted by molar-refractivity contribution is 6.00. The monoisotopic (exact) mass is 412 g/mol. The molecular formula is C27H25FN2O. The van der Waals surface area contributed by atoms with Gasteiger partial charge in [0.05, 0.1) is 17.3 Å². The van der Waals surface area contributed by atoms with Crippen molar-refractivity contribution in [2.75, 3.05) is 12.4 Å². The van der Waals surface area contributed by atoms with Crippen LogP contribution in [0.4, 0.5) is 10.1 Å². The van der Waals surface area contributed by atoms with Gasteiger partial charge < -0.3 is 10.2 Å². The summed E-state index contributed by atoms with van der Waals surface area (Å²) >= 11 is 0. The van der Waals surface area contributed by atoms with Gasteiger partial charge in [-0.1, -0.05) is 66.7 Å². The number of hydrogen-bond acceptors (Lipinski definition) is 2. The summed E-state index contributed by atoms with van der Waals surface area (Å²) in [4.78, 5) is 15.2. The Balaban J connectivity index is 1.50. The van der Waals surface area contributed by atoms with Crippen LogP contribution in [0.5, 0.6) is 0 Å². The average Bonchev–Trinajstić information content (AvgIpc) is 3.29. The number of benzene rings is 3. The lowest BCUT2D eigenvalue weighted by atomic mass is 9.76. The molecule has 1 aliphatic heterocycles. The summed E-state index contributed by atoms with van der Waals surface area (Å²) in [7, 11) is 1.84. The van der Waals surface area contributed by atoms with E-state index >= 15 is 0 Å². The summed E-state index contributed by atoms with van der Waals surface area (Å²) in [5, 5.41) is 3.66. The van der Waals surface area contributed by atoms with E-state index in [1.54, 1.807) is 4.90 Å². The number of rotatable bonds is 4. The Morgan fingerprint density at radius 3 is 2.58 bits per heavy atom. The molecule has 156 valence electrons. The molecule has 3 unspecified atom stereocenters. The first-order valence-electron chi connectivity index (χ1n) is 10.7. The minimum absolute atomic E-state index is 0.00788. The van der Waals surface area contributed by atoms with E-state index < -0.39 is 0 Å². The van der Waals surface area contributed by atoms with E-state index in [9.17, 15) is 9.18 Å². The molecule has 0 bridgehead atoms. The first kappa shape index (κ1) is 19.6. The molecule has 0 aromatic heterocycles. The topological polar surface area (TPSA) is 32.3 Å². The van der Waals surface area contributed by atoms with Crippen LogP contribution >= 0.6 is 0 Å². The minimum atomic E-state index is -0.237. The molecule has 3 atom stereocenters. The largest absolute Gasteiger partial charge is 0.377 e. The van der Waals surface area contributed by atoms with Gasteiger partial charge >= 0.3 is 0 Å². The third-order valence-corrected chi connectivity index (χ3v) is 6.47. The smallest absolute Gasteiger partial charge is 0.256 e. The number of para-hydroxylation sites is 1. The molecule has 1 heterocycles. The number of anilines is 1. The van der Waals surface area contributed by atoms with E-state index in [0.29, 0.717) is 18.0 Å². The number of amides is 1. The molecule has 31 heavy (non-hydrogen) atoms. The number of halogens is 1. The van der Waals surface area contributed by atoms with Crippen LogP contribution in [0, 0.1) is 11.7 Å². The third-order valence-electron chi connectivity index (χ3n) is 6.47. The summed E-state index contributed by atoms with van der Waals surface area (Å²) in [6.45, 7) is 0.552. The van der Waals surface area contributed by atoms with Gasteiger partial charge in [-0.05, 0) is 47.2 Å². The summed E-state index contributed by atoms with van der Waals surface area (Å²) in [6, 6.07) is 22.7. The molecule has 3 aromatic carbocycles. The lowest BCUT2D eigenvalue weighted by Crippen LogP contribution is -2.32. The molecule has 0 radical (unpaired) electrons. The Hall–Kier alpha value is -3.40. The van der Waals surface area contributed by atoms with E-state index in [1.807, 2.05) is 61.6 Å². The van der Waals surface area contributed by atoms with Crippen LogP contribution in [-0.4, -0.2) is 17.9 Å². The second kappa shape index (κ2) is 8.03. The molecule has 4 heteroatoms. The highest BCUT2D eigenvalue weighted by Crippen LogP contribution is 2.50. The van der Waals surface area contributed by atoms with Crippen molar-refractivity contribution in [3.8, 4) is 0 Å². The molecule has 2 aliphatic rings. The first-order valence-corrected chi connectivity index (χ1v) is 10.7. The van der Waals surface area contributed by atoms with E-state index in [4.69, 9.17) is 0 Å². The van der Waals surface area contributed by atoms with Crippen LogP contribution in [-0.2, 0) is 6.54 Å². The maximum absolute atomic E-state index is 13.5. The molecule has 3 nitrogen and oxygen atoms in total. The zero-order valence-corrected chi connectivity index (χ0v) is 17.5. The fraction of sp³-hybridized carbons (Fsp3) is 0.222. The van der Waals surface area contributed by atoms with Crippen molar-refractivity contribution in [1.29, 1.82) is 0 Å². The van der Waals surface area contributed by atoms with Crippen LogP contribution < -0.4 is 5.32 Å². The highest BCUT2D eigenvalue weighted by atomic mass is 19.1. The predicted octanol–water partition coefficient (Wildman–Crippen LogP) is 5.92. The van der Waals surface area contributed by atoms with Crippen LogP contribution in [0.25, 0.3) is 0 Å². The molecular weight excluding hydrogens is 387 g/mol. The van der Waals surface area contributed by atoms with E-state index in [0.717, 1.165) is 28.8 Å². The molecule has 0 saturated heterocycles. The van der Waals surface area contributed by atoms with Crippen LogP contribution in [0.2, 0.25) is 0 Å². The number of nitrogens with one attached hydrogen (secondary N) is 1. The van der Waals surface area contributed by atoms with E-state index in [2.05, 4.69) is 23.5 Å². The van der Waals surface area contributed by atoms with Gasteiger partial charge in [-0.15, -0.1) is 0 Å². The van der Waals surface area contributed by atoms with Crippen molar-refractivity contribution in [2.45, 2.75) is 24.9 Å². The van der Waals surface area contributed by atoms with Crippen molar-refractivity contribution in [2.24, 2.45) is 5.92 Å². The molecule has 5 rings (SSSR count). The standard InChI is InChI=1S/C27H25FN2O/c1-30(17-18-7-3-2-4-8-18)27(31)24-12-6-11-23-21-9-5-10-22(21)25(29-26(23)24)19-13-15-20(28)16-14-19/h2-9,11-16,21-22,25,29H,10,17H2,1H3. The van der Waals surface area contributed by atoms with Gasteiger partial charge in [-0.3, -0.25) is 4.79 Å². The van der Waals surface area contributed by atoms with Gasteiger partial charge in [0.25, 0.3) is 5.91 Å². The number of nitrogens with zero attached hydrogens (tertiary/aromatic N) is 1. The van der Waals surface area contributed by atoms with Crippen LogP contribution in [0.1, 0.15) is 45.4 Å². The quantitative estimate of drug-likeness (QED) is 0.539. The number of carbonyl (C=O) groups excluding carboxylic acids is 1. The van der Waals surface area contributed by atoms with Crippen molar-refractivity contribution >= 4 is 11.6 Å². The fourth-order valence-corrected chi connectivity index (χ4v) is 4.93. The van der Waals surface area contributed by atoms with Crippen molar-refractivity contribution in [3.63, 3.8) is 0 Å². The third kappa shape index (κ3) is 3.63. The van der Waals surface area contributed by atoms with Gasteiger partial charge in [0.2, 0.25) is 0 Å². The Labute approximate surface area is 182 Å². The van der Waals surface area contributed by atoms with Crippen molar-refractivity contribution in [3.05, 3.63) is 113 Å². The zero-order valence-electron chi connectivity index (χ0n) is 17.5. The average molecular weight is 413 g/mol. The predicted molar refractivity (Wildman–Crippen MR) is 121 cm³/mol. The normalized spacial score (nSPS) is 21.2. The molecule has 0 spiro atoms. The first-order chi connectivity index (χ1) is 15.1. The van der Waals surface area contributed by atoms with Crippen LogP contribution in [0.3, 0.4) is 0 Å². The molecule has 1 aliphatic carbocycles. The lowest BCUT2D eigenvalue weighted by Gasteiger charge is -2.38. The maximum Gasteiger partial charge on any atom is 0.256 e. The summed E-state index contributed by atoms with van der Waals surface area (Å²) in [5.74, 6) is 0.356. The molecule has 0 saturated carbocycles. The number of fused-ring (bicyclic) bond motifs is 3. The van der Waals surface area contributed by atoms with Crippen molar-refractivity contribution in [1.82, 2.24) is 4.90 Å². The van der Waals surface area contributed by atoms with Gasteiger partial charge in [-0.2, -0.15) is 0 Å². The summed E-state index contributed by atoms with van der Waals surface area (Å²) < 4.78 is 13.5. The second-order valence-electron chi connectivity index (χ2n) is 8.44. The Morgan fingerprint density at radius 1 is 1.03 bits per heavy atom. The Bertz CT molecular complexity index is 1120. The Morgan fingerprint density at radius 2 is 1.81 bits per heavy atom. The molecule has 1 N–H and O–H groups in total. The second-order valence-corrected chi connectivity index (χ2v) is 8.44. The van der Waals surface area contributed by atoms with Gasteiger partial charge in [0, 0.05) is 19.5 Å². The minimum Gasteiger partial charge on any atom is -0.377 e. The molecule has 3 aromatic rings. The summed E-state index contributed by atoms with van der Waals surface area (Å²) in [5.41, 5.74) is 4.89. The Kier molecular flexibility index (Phi) is 5.06. The molecule has 1 amide bonds. The number of carbonyl (C=O) groups is 1. The van der Waals surface area contributed by atoms with E-state index in [-0.39, 0.29) is 23.7 Å². The van der Waals surface area contributed by atoms with E-state index in [1.165, 1.54) is 12.1 Å². The van der Waals surface area contributed by atoms with Crippen LogP contribution in [0.15, 0.2) is 84.9 Å². The zero-order chi connectivity index (χ0) is 21.4. The number of hydrogen-bond donors (Lipinski definition) is 1. The molecule has 0 fully saturated rings. The summed E-state index contributed by atoms with van der Waals surface area (Å²) in [6.07, 6.45) is 5.44. The number of allylic oxidation sites excluding steroid dienone is 2. The maximum atomic E-state index is 13.5. The van der Waals surface area contributed by atoms with Gasteiger partial charge in [0.15, 0.2) is 0 Å². The highest BCUT2D eigenvalue weighted by Gasteiger charge is 2.39. The SMILES string of the molecule is CN(Cc1ccccc1)C(=O)c1cccc2c1NC(c1ccc(F)cc1)C1CC=CC21. The lowest BCUT2D eigenvalue weighted by molar-refractivity contribution is 0.0785.